The van der Waals surface area contributed by atoms with Crippen molar-refractivity contribution in [3.8, 4) is 0 Å². The Morgan fingerprint density at radius 2 is 1.95 bits per heavy atom. The lowest BCUT2D eigenvalue weighted by molar-refractivity contribution is -0.117. The first kappa shape index (κ1) is 15.3. The van der Waals surface area contributed by atoms with Crippen LogP contribution >= 0.6 is 11.6 Å². The molecule has 20 heavy (non-hydrogen) atoms. The van der Waals surface area contributed by atoms with Gasteiger partial charge in [0.15, 0.2) is 0 Å². The average molecular weight is 317 g/mol. The van der Waals surface area contributed by atoms with Crippen molar-refractivity contribution >= 4 is 33.2 Å². The summed E-state index contributed by atoms with van der Waals surface area (Å²) in [4.78, 5) is 13.4. The molecule has 1 heterocycles. The fourth-order valence-electron chi connectivity index (χ4n) is 2.08. The van der Waals surface area contributed by atoms with Crippen LogP contribution < -0.4 is 9.62 Å². The number of carbonyl (C=O) groups is 1. The highest BCUT2D eigenvalue weighted by molar-refractivity contribution is 7.89. The van der Waals surface area contributed by atoms with E-state index >= 15 is 0 Å². The number of hydrogen-bond acceptors (Lipinski definition) is 3. The van der Waals surface area contributed by atoms with E-state index in [0.717, 1.165) is 24.2 Å². The van der Waals surface area contributed by atoms with E-state index in [9.17, 15) is 13.2 Å². The summed E-state index contributed by atoms with van der Waals surface area (Å²) in [5.74, 6) is 0.126. The van der Waals surface area contributed by atoms with Crippen LogP contribution in [0, 0.1) is 0 Å². The molecule has 0 aromatic heterocycles. The van der Waals surface area contributed by atoms with Gasteiger partial charge in [-0.15, -0.1) is 11.6 Å². The number of benzene rings is 1. The lowest BCUT2D eigenvalue weighted by Gasteiger charge is -2.16. The van der Waals surface area contributed by atoms with Gasteiger partial charge < -0.3 is 4.90 Å². The number of carbonyl (C=O) groups excluding carboxylic acids is 1. The molecule has 1 N–H and O–H groups in total. The SMILES string of the molecule is O=C1CCCN1c1ccc(CNS(=O)(=O)CCCl)cc1. The van der Waals surface area contributed by atoms with Crippen molar-refractivity contribution < 1.29 is 13.2 Å². The number of anilines is 1. The fourth-order valence-corrected chi connectivity index (χ4v) is 3.43. The highest BCUT2D eigenvalue weighted by Gasteiger charge is 2.21. The second-order valence-electron chi connectivity index (χ2n) is 4.64. The van der Waals surface area contributed by atoms with Crippen LogP contribution in [-0.4, -0.2) is 32.5 Å². The minimum absolute atomic E-state index is 0.0747. The van der Waals surface area contributed by atoms with Crippen molar-refractivity contribution in [2.75, 3.05) is 23.1 Å². The summed E-state index contributed by atoms with van der Waals surface area (Å²) in [5.41, 5.74) is 1.71. The number of hydrogen-bond donors (Lipinski definition) is 1. The smallest absolute Gasteiger partial charge is 0.227 e. The van der Waals surface area contributed by atoms with Crippen LogP contribution in [0.2, 0.25) is 0 Å². The Kier molecular flexibility index (Phi) is 5.01. The number of amides is 1. The van der Waals surface area contributed by atoms with Gasteiger partial charge in [0.05, 0.1) is 5.75 Å². The molecule has 1 aliphatic heterocycles. The molecule has 0 radical (unpaired) electrons. The predicted octanol–water partition coefficient (Wildman–Crippen LogP) is 1.47. The number of nitrogens with one attached hydrogen (secondary N) is 1. The number of rotatable bonds is 6. The van der Waals surface area contributed by atoms with Crippen molar-refractivity contribution in [3.05, 3.63) is 29.8 Å². The summed E-state index contributed by atoms with van der Waals surface area (Å²) in [5, 5.41) is 0. The minimum atomic E-state index is -3.31. The maximum Gasteiger partial charge on any atom is 0.227 e. The molecule has 1 aromatic carbocycles. The van der Waals surface area contributed by atoms with E-state index in [0.29, 0.717) is 6.42 Å². The first-order valence-electron chi connectivity index (χ1n) is 6.44. The van der Waals surface area contributed by atoms with E-state index in [-0.39, 0.29) is 24.1 Å². The standard InChI is InChI=1S/C13H17ClN2O3S/c14-7-9-20(18,19)15-10-11-3-5-12(6-4-11)16-8-1-2-13(16)17/h3-6,15H,1-2,7-10H2. The van der Waals surface area contributed by atoms with Gasteiger partial charge in [0.2, 0.25) is 15.9 Å². The zero-order valence-corrected chi connectivity index (χ0v) is 12.6. The van der Waals surface area contributed by atoms with Crippen LogP contribution in [0.5, 0.6) is 0 Å². The van der Waals surface area contributed by atoms with Gasteiger partial charge in [0.1, 0.15) is 0 Å². The minimum Gasteiger partial charge on any atom is -0.312 e. The van der Waals surface area contributed by atoms with Crippen LogP contribution in [0.15, 0.2) is 24.3 Å². The molecule has 110 valence electrons. The van der Waals surface area contributed by atoms with Crippen LogP contribution in [0.1, 0.15) is 18.4 Å². The summed E-state index contributed by atoms with van der Waals surface area (Å²) in [6, 6.07) is 7.33. The van der Waals surface area contributed by atoms with Crippen molar-refractivity contribution in [1.29, 1.82) is 0 Å². The second kappa shape index (κ2) is 6.56. The molecule has 2 rings (SSSR count). The van der Waals surface area contributed by atoms with Crippen molar-refractivity contribution in [3.63, 3.8) is 0 Å². The Morgan fingerprint density at radius 1 is 1.25 bits per heavy atom. The molecule has 1 amide bonds. The van der Waals surface area contributed by atoms with Gasteiger partial charge in [0.25, 0.3) is 0 Å². The van der Waals surface area contributed by atoms with Crippen LogP contribution in [0.25, 0.3) is 0 Å². The molecule has 0 aliphatic carbocycles. The summed E-state index contributed by atoms with van der Waals surface area (Å²) in [6.07, 6.45) is 1.48. The van der Waals surface area contributed by atoms with Gasteiger partial charge in [0, 0.05) is 31.1 Å². The Balaban J connectivity index is 1.97. The molecule has 0 spiro atoms. The molecule has 0 bridgehead atoms. The lowest BCUT2D eigenvalue weighted by atomic mass is 10.2. The van der Waals surface area contributed by atoms with Crippen molar-refractivity contribution in [2.24, 2.45) is 0 Å². The summed E-state index contributed by atoms with van der Waals surface area (Å²) in [7, 11) is -3.31. The highest BCUT2D eigenvalue weighted by atomic mass is 35.5. The normalized spacial score (nSPS) is 15.8. The molecule has 1 aliphatic rings. The Morgan fingerprint density at radius 3 is 2.50 bits per heavy atom. The predicted molar refractivity (Wildman–Crippen MR) is 79.4 cm³/mol. The maximum absolute atomic E-state index is 11.6. The van der Waals surface area contributed by atoms with Gasteiger partial charge in [-0.25, -0.2) is 13.1 Å². The van der Waals surface area contributed by atoms with Crippen molar-refractivity contribution in [2.45, 2.75) is 19.4 Å². The van der Waals surface area contributed by atoms with E-state index in [1.54, 1.807) is 4.90 Å². The highest BCUT2D eigenvalue weighted by Crippen LogP contribution is 2.21. The van der Waals surface area contributed by atoms with E-state index in [2.05, 4.69) is 4.72 Å². The molecule has 1 fully saturated rings. The Bertz CT molecular complexity index is 572. The Hall–Kier alpha value is -1.11. The topological polar surface area (TPSA) is 66.5 Å². The molecule has 0 unspecified atom stereocenters. The molecular formula is C13H17ClN2O3S. The maximum atomic E-state index is 11.6. The quantitative estimate of drug-likeness (QED) is 0.808. The third-order valence-corrected chi connectivity index (χ3v) is 4.90. The number of alkyl halides is 1. The number of nitrogens with zero attached hydrogens (tertiary/aromatic N) is 1. The lowest BCUT2D eigenvalue weighted by Crippen LogP contribution is -2.26. The Labute approximate surface area is 124 Å². The number of halogens is 1. The summed E-state index contributed by atoms with van der Waals surface area (Å²) < 4.78 is 25.4. The summed E-state index contributed by atoms with van der Waals surface area (Å²) >= 11 is 5.42. The van der Waals surface area contributed by atoms with Gasteiger partial charge in [-0.1, -0.05) is 12.1 Å². The molecule has 5 nitrogen and oxygen atoms in total. The summed E-state index contributed by atoms with van der Waals surface area (Å²) in [6.45, 7) is 0.980. The molecule has 7 heteroatoms. The van der Waals surface area contributed by atoms with Gasteiger partial charge in [-0.05, 0) is 24.1 Å². The van der Waals surface area contributed by atoms with E-state index in [1.165, 1.54) is 0 Å². The molecular weight excluding hydrogens is 300 g/mol. The fraction of sp³-hybridized carbons (Fsp3) is 0.462. The monoisotopic (exact) mass is 316 g/mol. The second-order valence-corrected chi connectivity index (χ2v) is 6.95. The van der Waals surface area contributed by atoms with Gasteiger partial charge >= 0.3 is 0 Å². The molecule has 1 saturated heterocycles. The molecule has 0 atom stereocenters. The van der Waals surface area contributed by atoms with Crippen LogP contribution in [-0.2, 0) is 21.4 Å². The van der Waals surface area contributed by atoms with E-state index < -0.39 is 10.0 Å². The average Bonchev–Trinajstić information content (AvgIpc) is 2.83. The number of sulfonamides is 1. The van der Waals surface area contributed by atoms with Gasteiger partial charge in [-0.3, -0.25) is 4.79 Å². The zero-order valence-electron chi connectivity index (χ0n) is 11.0. The van der Waals surface area contributed by atoms with Crippen molar-refractivity contribution in [1.82, 2.24) is 4.72 Å². The van der Waals surface area contributed by atoms with Crippen LogP contribution in [0.4, 0.5) is 5.69 Å². The van der Waals surface area contributed by atoms with E-state index in [1.807, 2.05) is 24.3 Å². The molecule has 0 saturated carbocycles. The first-order valence-corrected chi connectivity index (χ1v) is 8.63. The van der Waals surface area contributed by atoms with E-state index in [4.69, 9.17) is 11.6 Å². The zero-order chi connectivity index (χ0) is 14.6. The third-order valence-electron chi connectivity index (χ3n) is 3.16. The molecule has 1 aromatic rings. The largest absolute Gasteiger partial charge is 0.312 e. The van der Waals surface area contributed by atoms with Crippen LogP contribution in [0.3, 0.4) is 0 Å². The third kappa shape index (κ3) is 3.94. The first-order chi connectivity index (χ1) is 9.52. The van der Waals surface area contributed by atoms with Gasteiger partial charge in [-0.2, -0.15) is 0 Å².